The van der Waals surface area contributed by atoms with E-state index in [9.17, 15) is 9.59 Å². The molecule has 0 spiro atoms. The van der Waals surface area contributed by atoms with Crippen LogP contribution in [0.15, 0.2) is 0 Å². The van der Waals surface area contributed by atoms with Gasteiger partial charge in [-0.3, -0.25) is 9.59 Å². The summed E-state index contributed by atoms with van der Waals surface area (Å²) in [6, 6.07) is 0. The van der Waals surface area contributed by atoms with Crippen LogP contribution in [-0.4, -0.2) is 37.0 Å². The van der Waals surface area contributed by atoms with Gasteiger partial charge >= 0.3 is 0 Å². The second-order valence-corrected chi connectivity index (χ2v) is 2.62. The Balaban J connectivity index is 2.51. The van der Waals surface area contributed by atoms with Gasteiger partial charge in [0, 0.05) is 13.6 Å². The third-order valence-corrected chi connectivity index (χ3v) is 1.83. The molecule has 1 rings (SSSR count). The second kappa shape index (κ2) is 3.37. The normalized spacial score (nSPS) is 25.0. The Morgan fingerprint density at radius 1 is 1.73 bits per heavy atom. The van der Waals surface area contributed by atoms with Crippen molar-refractivity contribution in [2.45, 2.75) is 18.9 Å². The van der Waals surface area contributed by atoms with Crippen LogP contribution < -0.4 is 0 Å². The number of amides is 1. The van der Waals surface area contributed by atoms with Gasteiger partial charge in [-0.05, 0) is 12.8 Å². The summed E-state index contributed by atoms with van der Waals surface area (Å²) in [6.45, 7) is 1.10. The highest BCUT2D eigenvalue weighted by atomic mass is 16.5. The quantitative estimate of drug-likeness (QED) is 0.520. The number of likely N-dealkylation sites (tertiary alicyclic amines) is 1. The maximum atomic E-state index is 11.2. The van der Waals surface area contributed by atoms with Crippen LogP contribution in [0, 0.1) is 0 Å². The summed E-state index contributed by atoms with van der Waals surface area (Å²) in [7, 11) is 1.71. The molecule has 4 heteroatoms. The number of likely N-dealkylation sites (N-methyl/N-ethyl adjacent to an activating group) is 1. The lowest BCUT2D eigenvalue weighted by Gasteiger charge is -2.27. The van der Waals surface area contributed by atoms with E-state index in [2.05, 4.69) is 4.74 Å². The summed E-state index contributed by atoms with van der Waals surface area (Å²) in [5.41, 5.74) is 0. The van der Waals surface area contributed by atoms with E-state index in [1.54, 1.807) is 11.9 Å². The number of rotatable bonds is 2. The van der Waals surface area contributed by atoms with Crippen LogP contribution in [0.4, 0.5) is 0 Å². The van der Waals surface area contributed by atoms with Crippen molar-refractivity contribution >= 4 is 12.4 Å². The van der Waals surface area contributed by atoms with Crippen LogP contribution in [0.3, 0.4) is 0 Å². The topological polar surface area (TPSA) is 46.6 Å². The largest absolute Gasteiger partial charge is 0.454 e. The Kier molecular flexibility index (Phi) is 2.46. The standard InChI is InChI=1S/C7H11NO3/c1-8-4-2-3-6(7(8)10)11-5-9/h5-6H,2-4H2,1H3. The van der Waals surface area contributed by atoms with Crippen LogP contribution in [-0.2, 0) is 14.3 Å². The molecule has 1 fully saturated rings. The SMILES string of the molecule is CN1CCCC(OC=O)C1=O. The molecule has 0 aromatic carbocycles. The van der Waals surface area contributed by atoms with Gasteiger partial charge in [0.25, 0.3) is 12.4 Å². The zero-order chi connectivity index (χ0) is 8.27. The zero-order valence-corrected chi connectivity index (χ0v) is 6.45. The fraction of sp³-hybridized carbons (Fsp3) is 0.714. The Hall–Kier alpha value is -1.06. The van der Waals surface area contributed by atoms with Gasteiger partial charge in [-0.1, -0.05) is 0 Å². The molecule has 4 nitrogen and oxygen atoms in total. The average molecular weight is 157 g/mol. The summed E-state index contributed by atoms with van der Waals surface area (Å²) < 4.78 is 4.59. The summed E-state index contributed by atoms with van der Waals surface area (Å²) in [5, 5.41) is 0. The zero-order valence-electron chi connectivity index (χ0n) is 6.45. The molecule has 0 N–H and O–H groups in total. The van der Waals surface area contributed by atoms with E-state index in [0.29, 0.717) is 12.9 Å². The Morgan fingerprint density at radius 2 is 2.45 bits per heavy atom. The number of hydrogen-bond acceptors (Lipinski definition) is 3. The first-order valence-electron chi connectivity index (χ1n) is 3.60. The van der Waals surface area contributed by atoms with E-state index in [1.165, 1.54) is 0 Å². The molecule has 0 radical (unpaired) electrons. The molecular weight excluding hydrogens is 146 g/mol. The van der Waals surface area contributed by atoms with E-state index in [1.807, 2.05) is 0 Å². The molecule has 0 bridgehead atoms. The van der Waals surface area contributed by atoms with Gasteiger partial charge in [-0.25, -0.2) is 0 Å². The molecule has 1 amide bonds. The maximum absolute atomic E-state index is 11.2. The first-order chi connectivity index (χ1) is 5.25. The highest BCUT2D eigenvalue weighted by Crippen LogP contribution is 2.11. The number of carbonyl (C=O) groups is 2. The van der Waals surface area contributed by atoms with Crippen molar-refractivity contribution < 1.29 is 14.3 Å². The van der Waals surface area contributed by atoms with Crippen LogP contribution >= 0.6 is 0 Å². The van der Waals surface area contributed by atoms with Gasteiger partial charge in [0.15, 0.2) is 6.10 Å². The molecule has 1 aliphatic rings. The van der Waals surface area contributed by atoms with E-state index < -0.39 is 6.10 Å². The van der Waals surface area contributed by atoms with Crippen molar-refractivity contribution in [1.82, 2.24) is 4.90 Å². The number of carbonyl (C=O) groups excluding carboxylic acids is 2. The molecule has 1 heterocycles. The van der Waals surface area contributed by atoms with Gasteiger partial charge in [0.05, 0.1) is 0 Å². The first-order valence-corrected chi connectivity index (χ1v) is 3.60. The van der Waals surface area contributed by atoms with Crippen molar-refractivity contribution in [3.05, 3.63) is 0 Å². The maximum Gasteiger partial charge on any atom is 0.293 e. The van der Waals surface area contributed by atoms with Crippen LogP contribution in [0.5, 0.6) is 0 Å². The van der Waals surface area contributed by atoms with Gasteiger partial charge in [0.2, 0.25) is 0 Å². The third kappa shape index (κ3) is 1.69. The van der Waals surface area contributed by atoms with Gasteiger partial charge in [0.1, 0.15) is 0 Å². The minimum Gasteiger partial charge on any atom is -0.454 e. The van der Waals surface area contributed by atoms with Crippen LogP contribution in [0.25, 0.3) is 0 Å². The molecule has 0 aromatic heterocycles. The number of hydrogen-bond donors (Lipinski definition) is 0. The highest BCUT2D eigenvalue weighted by Gasteiger charge is 2.27. The van der Waals surface area contributed by atoms with E-state index in [-0.39, 0.29) is 5.91 Å². The predicted octanol–water partition coefficient (Wildman–Crippen LogP) is -0.220. The molecule has 62 valence electrons. The summed E-state index contributed by atoms with van der Waals surface area (Å²) in [5.74, 6) is -0.0941. The highest BCUT2D eigenvalue weighted by molar-refractivity contribution is 5.82. The fourth-order valence-electron chi connectivity index (χ4n) is 1.19. The number of piperidine rings is 1. The molecule has 1 aliphatic heterocycles. The predicted molar refractivity (Wildman–Crippen MR) is 37.8 cm³/mol. The second-order valence-electron chi connectivity index (χ2n) is 2.62. The lowest BCUT2D eigenvalue weighted by atomic mass is 10.1. The monoisotopic (exact) mass is 157 g/mol. The van der Waals surface area contributed by atoms with Crippen molar-refractivity contribution in [3.8, 4) is 0 Å². The summed E-state index contributed by atoms with van der Waals surface area (Å²) >= 11 is 0. The summed E-state index contributed by atoms with van der Waals surface area (Å²) in [6.07, 6.45) is 1.02. The minimum absolute atomic E-state index is 0.0941. The lowest BCUT2D eigenvalue weighted by molar-refractivity contribution is -0.153. The molecule has 1 saturated heterocycles. The Bertz CT molecular complexity index is 169. The van der Waals surface area contributed by atoms with Gasteiger partial charge in [-0.2, -0.15) is 0 Å². The van der Waals surface area contributed by atoms with Crippen molar-refractivity contribution in [3.63, 3.8) is 0 Å². The minimum atomic E-state index is -0.536. The molecule has 1 unspecified atom stereocenters. The molecular formula is C7H11NO3. The molecule has 0 aliphatic carbocycles. The fourth-order valence-corrected chi connectivity index (χ4v) is 1.19. The summed E-state index contributed by atoms with van der Waals surface area (Å²) in [4.78, 5) is 22.7. The average Bonchev–Trinajstić information content (AvgIpc) is 1.99. The van der Waals surface area contributed by atoms with Gasteiger partial charge in [-0.15, -0.1) is 0 Å². The molecule has 0 aromatic rings. The molecule has 0 saturated carbocycles. The van der Waals surface area contributed by atoms with E-state index in [4.69, 9.17) is 0 Å². The van der Waals surface area contributed by atoms with Crippen molar-refractivity contribution in [2.24, 2.45) is 0 Å². The first kappa shape index (κ1) is 8.04. The third-order valence-electron chi connectivity index (χ3n) is 1.83. The van der Waals surface area contributed by atoms with Crippen molar-refractivity contribution in [1.29, 1.82) is 0 Å². The van der Waals surface area contributed by atoms with Gasteiger partial charge < -0.3 is 9.64 Å². The smallest absolute Gasteiger partial charge is 0.293 e. The number of nitrogens with zero attached hydrogens (tertiary/aromatic N) is 1. The van der Waals surface area contributed by atoms with Crippen LogP contribution in [0.1, 0.15) is 12.8 Å². The number of ether oxygens (including phenoxy) is 1. The molecule has 11 heavy (non-hydrogen) atoms. The van der Waals surface area contributed by atoms with E-state index in [0.717, 1.165) is 13.0 Å². The molecule has 1 atom stereocenters. The van der Waals surface area contributed by atoms with Crippen molar-refractivity contribution in [2.75, 3.05) is 13.6 Å². The lowest BCUT2D eigenvalue weighted by Crippen LogP contribution is -2.42. The Morgan fingerprint density at radius 3 is 3.09 bits per heavy atom. The van der Waals surface area contributed by atoms with E-state index >= 15 is 0 Å². The Labute approximate surface area is 65.1 Å². The van der Waals surface area contributed by atoms with Crippen LogP contribution in [0.2, 0.25) is 0 Å².